The minimum absolute atomic E-state index is 0. The molecule has 1 rings (SSSR count). The second-order valence-electron chi connectivity index (χ2n) is 2.32. The SMILES string of the molecule is NS(=O)(=O)c1ccc(CCl)cc1.[H-].[Na+]. The van der Waals surface area contributed by atoms with Crippen LogP contribution in [0.3, 0.4) is 0 Å². The van der Waals surface area contributed by atoms with Gasteiger partial charge in [0.2, 0.25) is 10.0 Å². The normalized spacial score (nSPS) is 10.6. The maximum atomic E-state index is 10.8. The number of sulfonamides is 1. The maximum absolute atomic E-state index is 10.8. The van der Waals surface area contributed by atoms with E-state index in [4.69, 9.17) is 16.7 Å². The molecule has 0 aromatic heterocycles. The van der Waals surface area contributed by atoms with Crippen molar-refractivity contribution in [3.8, 4) is 0 Å². The molecule has 3 nitrogen and oxygen atoms in total. The summed E-state index contributed by atoms with van der Waals surface area (Å²) in [4.78, 5) is 0.108. The van der Waals surface area contributed by atoms with Crippen LogP contribution in [0, 0.1) is 0 Å². The summed E-state index contributed by atoms with van der Waals surface area (Å²) in [7, 11) is -3.57. The first kappa shape index (κ1) is 13.4. The van der Waals surface area contributed by atoms with Gasteiger partial charge in [-0.05, 0) is 17.7 Å². The van der Waals surface area contributed by atoms with Crippen molar-refractivity contribution in [2.45, 2.75) is 10.8 Å². The second-order valence-corrected chi connectivity index (χ2v) is 4.15. The Balaban J connectivity index is 0. The molecule has 0 aliphatic rings. The van der Waals surface area contributed by atoms with Gasteiger partial charge in [-0.2, -0.15) is 0 Å². The van der Waals surface area contributed by atoms with Gasteiger partial charge in [-0.1, -0.05) is 12.1 Å². The van der Waals surface area contributed by atoms with Gasteiger partial charge in [0.1, 0.15) is 0 Å². The molecule has 0 bridgehead atoms. The van der Waals surface area contributed by atoms with Crippen molar-refractivity contribution < 1.29 is 39.4 Å². The Morgan fingerprint density at radius 2 is 1.77 bits per heavy atom. The maximum Gasteiger partial charge on any atom is 1.00 e. The first-order valence-electron chi connectivity index (χ1n) is 3.22. The van der Waals surface area contributed by atoms with Gasteiger partial charge in [0.25, 0.3) is 0 Å². The Hall–Kier alpha value is 0.420. The fraction of sp³-hybridized carbons (Fsp3) is 0.143. The van der Waals surface area contributed by atoms with Crippen molar-refractivity contribution in [1.29, 1.82) is 0 Å². The van der Waals surface area contributed by atoms with E-state index in [1.807, 2.05) is 0 Å². The Morgan fingerprint density at radius 1 is 1.31 bits per heavy atom. The van der Waals surface area contributed by atoms with Gasteiger partial charge in [-0.15, -0.1) is 11.6 Å². The molecular weight excluding hydrogens is 221 g/mol. The molecule has 0 saturated heterocycles. The number of nitrogens with two attached hydrogens (primary N) is 1. The molecule has 0 heterocycles. The molecule has 68 valence electrons. The monoisotopic (exact) mass is 229 g/mol. The molecule has 2 N–H and O–H groups in total. The van der Waals surface area contributed by atoms with E-state index < -0.39 is 10.0 Å². The molecule has 1 aromatic carbocycles. The van der Waals surface area contributed by atoms with Crippen LogP contribution in [0.5, 0.6) is 0 Å². The summed E-state index contributed by atoms with van der Waals surface area (Å²) in [5, 5.41) is 4.89. The van der Waals surface area contributed by atoms with Crippen LogP contribution in [0.2, 0.25) is 0 Å². The fourth-order valence-electron chi connectivity index (χ4n) is 0.768. The first-order valence-corrected chi connectivity index (χ1v) is 5.30. The van der Waals surface area contributed by atoms with E-state index in [0.717, 1.165) is 5.56 Å². The zero-order valence-electron chi connectivity index (χ0n) is 8.20. The summed E-state index contributed by atoms with van der Waals surface area (Å²) in [6.45, 7) is 0. The summed E-state index contributed by atoms with van der Waals surface area (Å²) in [6.07, 6.45) is 0. The summed E-state index contributed by atoms with van der Waals surface area (Å²) in [5.41, 5.74) is 0.865. The Labute approximate surface area is 106 Å². The summed E-state index contributed by atoms with van der Waals surface area (Å²) in [5.74, 6) is 0.366. The standard InChI is InChI=1S/C7H8ClNO2S.Na.H/c8-5-6-1-3-7(4-2-6)12(9,10)11;;/h1-4H,5H2,(H2,9,10,11);;/q;+1;-1. The van der Waals surface area contributed by atoms with Crippen LogP contribution >= 0.6 is 11.6 Å². The van der Waals surface area contributed by atoms with Gasteiger partial charge in [0, 0.05) is 5.88 Å². The van der Waals surface area contributed by atoms with E-state index in [1.165, 1.54) is 12.1 Å². The molecule has 0 aliphatic heterocycles. The fourth-order valence-corrected chi connectivity index (χ4v) is 1.46. The van der Waals surface area contributed by atoms with Gasteiger partial charge in [-0.25, -0.2) is 13.6 Å². The van der Waals surface area contributed by atoms with Crippen LogP contribution in [0.15, 0.2) is 29.2 Å². The summed E-state index contributed by atoms with van der Waals surface area (Å²) < 4.78 is 21.6. The average Bonchev–Trinajstić information content (AvgIpc) is 2.03. The molecule has 13 heavy (non-hydrogen) atoms. The third kappa shape index (κ3) is 3.97. The molecule has 0 unspecified atom stereocenters. The molecule has 0 fully saturated rings. The van der Waals surface area contributed by atoms with E-state index in [1.54, 1.807) is 12.1 Å². The molecule has 0 saturated carbocycles. The Morgan fingerprint density at radius 3 is 2.08 bits per heavy atom. The van der Waals surface area contributed by atoms with Crippen molar-refractivity contribution in [2.24, 2.45) is 5.14 Å². The largest absolute Gasteiger partial charge is 1.00 e. The van der Waals surface area contributed by atoms with E-state index in [-0.39, 0.29) is 35.9 Å². The molecule has 6 heteroatoms. The minimum atomic E-state index is -3.57. The van der Waals surface area contributed by atoms with Gasteiger partial charge in [-0.3, -0.25) is 0 Å². The zero-order valence-corrected chi connectivity index (χ0v) is 10.8. The smallest absolute Gasteiger partial charge is 1.00 e. The number of halogens is 1. The molecule has 0 aliphatic carbocycles. The predicted octanol–water partition coefficient (Wildman–Crippen LogP) is -1.81. The quantitative estimate of drug-likeness (QED) is 0.480. The number of alkyl halides is 1. The summed E-state index contributed by atoms with van der Waals surface area (Å²) in [6, 6.07) is 6.14. The van der Waals surface area contributed by atoms with Crippen LogP contribution in [-0.2, 0) is 15.9 Å². The van der Waals surface area contributed by atoms with Crippen LogP contribution in [0.25, 0.3) is 0 Å². The topological polar surface area (TPSA) is 60.2 Å². The Kier molecular flexibility index (Phi) is 5.51. The molecular formula is C7H9ClNNaO2S. The van der Waals surface area contributed by atoms with Crippen LogP contribution in [0.1, 0.15) is 6.99 Å². The predicted molar refractivity (Wildman–Crippen MR) is 48.5 cm³/mol. The third-order valence-corrected chi connectivity index (χ3v) is 2.64. The number of rotatable bonds is 2. The van der Waals surface area contributed by atoms with Gasteiger partial charge in [0.05, 0.1) is 4.90 Å². The van der Waals surface area contributed by atoms with Crippen LogP contribution in [0.4, 0.5) is 0 Å². The molecule has 0 radical (unpaired) electrons. The number of benzene rings is 1. The van der Waals surface area contributed by atoms with Crippen molar-refractivity contribution in [2.75, 3.05) is 0 Å². The Bertz CT molecular complexity index is 368. The number of primary sulfonamides is 1. The minimum Gasteiger partial charge on any atom is -1.00 e. The molecule has 0 amide bonds. The first-order chi connectivity index (χ1) is 5.54. The van der Waals surface area contributed by atoms with E-state index in [0.29, 0.717) is 5.88 Å². The summed E-state index contributed by atoms with van der Waals surface area (Å²) >= 11 is 5.51. The van der Waals surface area contributed by atoms with Crippen LogP contribution < -0.4 is 34.7 Å². The molecule has 0 spiro atoms. The van der Waals surface area contributed by atoms with Gasteiger partial charge in [0.15, 0.2) is 0 Å². The van der Waals surface area contributed by atoms with E-state index in [2.05, 4.69) is 0 Å². The van der Waals surface area contributed by atoms with Gasteiger partial charge >= 0.3 is 29.6 Å². The van der Waals surface area contributed by atoms with Crippen LogP contribution in [-0.4, -0.2) is 8.42 Å². The van der Waals surface area contributed by atoms with Crippen molar-refractivity contribution in [3.05, 3.63) is 29.8 Å². The van der Waals surface area contributed by atoms with E-state index in [9.17, 15) is 8.42 Å². The number of hydrogen-bond donors (Lipinski definition) is 1. The van der Waals surface area contributed by atoms with Crippen molar-refractivity contribution in [1.82, 2.24) is 0 Å². The second kappa shape index (κ2) is 5.34. The third-order valence-electron chi connectivity index (χ3n) is 1.41. The van der Waals surface area contributed by atoms with E-state index >= 15 is 0 Å². The number of hydrogen-bond acceptors (Lipinski definition) is 2. The molecule has 0 atom stereocenters. The van der Waals surface area contributed by atoms with Gasteiger partial charge < -0.3 is 1.43 Å². The average molecular weight is 230 g/mol. The van der Waals surface area contributed by atoms with Crippen molar-refractivity contribution in [3.63, 3.8) is 0 Å². The van der Waals surface area contributed by atoms with Crippen molar-refractivity contribution >= 4 is 21.6 Å². The zero-order chi connectivity index (χ0) is 9.19. The molecule has 1 aromatic rings.